The van der Waals surface area contributed by atoms with Crippen LogP contribution in [0.15, 0.2) is 34.9 Å². The van der Waals surface area contributed by atoms with Crippen molar-refractivity contribution in [3.8, 4) is 0 Å². The molecule has 1 aliphatic rings. The minimum absolute atomic E-state index is 0.273. The molecule has 1 atom stereocenters. The maximum absolute atomic E-state index is 6.02. The summed E-state index contributed by atoms with van der Waals surface area (Å²) in [5.41, 5.74) is 8.57. The van der Waals surface area contributed by atoms with E-state index in [0.29, 0.717) is 0 Å². The fraction of sp³-hybridized carbons (Fsp3) is 0.357. The molecule has 2 aromatic rings. The number of nitrogens with zero attached hydrogens (tertiary/aromatic N) is 2. The molecule has 2 heterocycles. The third-order valence-corrected chi connectivity index (χ3v) is 4.12. The molecule has 2 N–H and O–H groups in total. The van der Waals surface area contributed by atoms with Crippen molar-refractivity contribution in [2.75, 3.05) is 0 Å². The fourth-order valence-corrected chi connectivity index (χ4v) is 3.10. The number of hydrogen-bond acceptors (Lipinski definition) is 2. The Balaban J connectivity index is 1.92. The number of rotatable bonds is 2. The van der Waals surface area contributed by atoms with Crippen LogP contribution >= 0.6 is 15.9 Å². The number of halogens is 1. The van der Waals surface area contributed by atoms with E-state index in [4.69, 9.17) is 5.73 Å². The van der Waals surface area contributed by atoms with Gasteiger partial charge in [-0.15, -0.1) is 0 Å². The lowest BCUT2D eigenvalue weighted by molar-refractivity contribution is 0.461. The minimum atomic E-state index is 0.273. The van der Waals surface area contributed by atoms with Crippen molar-refractivity contribution >= 4 is 15.9 Å². The van der Waals surface area contributed by atoms with Gasteiger partial charge in [0.1, 0.15) is 10.4 Å². The standard InChI is InChI=1S/C14H16BrN3/c15-14-12-9-11(16)6-7-18(12)13(17-14)8-10-4-2-1-3-5-10/h1-5,11H,6-9,16H2. The summed E-state index contributed by atoms with van der Waals surface area (Å²) >= 11 is 3.56. The van der Waals surface area contributed by atoms with Crippen LogP contribution < -0.4 is 5.73 Å². The molecule has 0 saturated heterocycles. The van der Waals surface area contributed by atoms with Crippen LogP contribution in [0.5, 0.6) is 0 Å². The smallest absolute Gasteiger partial charge is 0.127 e. The molecule has 0 bridgehead atoms. The van der Waals surface area contributed by atoms with Gasteiger partial charge in [-0.1, -0.05) is 30.3 Å². The largest absolute Gasteiger partial charge is 0.331 e. The number of fused-ring (bicyclic) bond motifs is 1. The Morgan fingerprint density at radius 2 is 2.11 bits per heavy atom. The highest BCUT2D eigenvalue weighted by atomic mass is 79.9. The van der Waals surface area contributed by atoms with Crippen molar-refractivity contribution in [1.82, 2.24) is 9.55 Å². The predicted octanol–water partition coefficient (Wildman–Crippen LogP) is 2.51. The Labute approximate surface area is 115 Å². The van der Waals surface area contributed by atoms with Gasteiger partial charge in [0.05, 0.1) is 5.69 Å². The third-order valence-electron chi connectivity index (χ3n) is 3.49. The van der Waals surface area contributed by atoms with E-state index in [1.54, 1.807) is 0 Å². The second-order valence-corrected chi connectivity index (χ2v) is 5.58. The topological polar surface area (TPSA) is 43.8 Å². The first-order valence-electron chi connectivity index (χ1n) is 6.27. The van der Waals surface area contributed by atoms with Crippen LogP contribution in [0.25, 0.3) is 0 Å². The zero-order valence-corrected chi connectivity index (χ0v) is 11.7. The van der Waals surface area contributed by atoms with Crippen molar-refractivity contribution in [2.45, 2.75) is 31.8 Å². The number of nitrogens with two attached hydrogens (primary N) is 1. The molecular formula is C14H16BrN3. The summed E-state index contributed by atoms with van der Waals surface area (Å²) in [6.45, 7) is 0.983. The molecule has 0 spiro atoms. The van der Waals surface area contributed by atoms with Gasteiger partial charge in [-0.2, -0.15) is 0 Å². The predicted molar refractivity (Wildman–Crippen MR) is 75.5 cm³/mol. The fourth-order valence-electron chi connectivity index (χ4n) is 2.52. The maximum Gasteiger partial charge on any atom is 0.127 e. The second-order valence-electron chi connectivity index (χ2n) is 4.83. The van der Waals surface area contributed by atoms with Crippen LogP contribution in [-0.4, -0.2) is 15.6 Å². The Morgan fingerprint density at radius 3 is 2.89 bits per heavy atom. The molecule has 4 heteroatoms. The van der Waals surface area contributed by atoms with Crippen molar-refractivity contribution in [3.63, 3.8) is 0 Å². The molecule has 1 aliphatic heterocycles. The van der Waals surface area contributed by atoms with Crippen LogP contribution in [0.3, 0.4) is 0 Å². The van der Waals surface area contributed by atoms with Gasteiger partial charge in [0.15, 0.2) is 0 Å². The summed E-state index contributed by atoms with van der Waals surface area (Å²) in [4.78, 5) is 4.65. The average Bonchev–Trinajstić information content (AvgIpc) is 2.67. The van der Waals surface area contributed by atoms with Gasteiger partial charge in [-0.25, -0.2) is 4.98 Å². The average molecular weight is 306 g/mol. The first-order valence-corrected chi connectivity index (χ1v) is 7.06. The Hall–Kier alpha value is -1.13. The normalized spacial score (nSPS) is 18.7. The van der Waals surface area contributed by atoms with E-state index >= 15 is 0 Å². The van der Waals surface area contributed by atoms with E-state index in [9.17, 15) is 0 Å². The number of imidazole rings is 1. The van der Waals surface area contributed by atoms with Crippen LogP contribution in [0, 0.1) is 0 Å². The molecule has 1 aromatic carbocycles. The van der Waals surface area contributed by atoms with Crippen molar-refractivity contribution in [2.24, 2.45) is 5.73 Å². The molecule has 94 valence electrons. The van der Waals surface area contributed by atoms with E-state index in [0.717, 1.165) is 36.2 Å². The molecule has 18 heavy (non-hydrogen) atoms. The maximum atomic E-state index is 6.02. The Kier molecular flexibility index (Phi) is 3.22. The zero-order chi connectivity index (χ0) is 12.5. The third kappa shape index (κ3) is 2.22. The van der Waals surface area contributed by atoms with Gasteiger partial charge in [0.2, 0.25) is 0 Å². The number of hydrogen-bond donors (Lipinski definition) is 1. The van der Waals surface area contributed by atoms with Crippen LogP contribution in [0.1, 0.15) is 23.5 Å². The van der Waals surface area contributed by atoms with E-state index in [2.05, 4.69) is 49.7 Å². The highest BCUT2D eigenvalue weighted by Crippen LogP contribution is 2.25. The first kappa shape index (κ1) is 11.9. The quantitative estimate of drug-likeness (QED) is 0.926. The van der Waals surface area contributed by atoms with Crippen LogP contribution in [0.2, 0.25) is 0 Å². The van der Waals surface area contributed by atoms with Gasteiger partial charge in [-0.3, -0.25) is 0 Å². The number of benzene rings is 1. The van der Waals surface area contributed by atoms with E-state index in [1.807, 2.05) is 6.07 Å². The van der Waals surface area contributed by atoms with E-state index < -0.39 is 0 Å². The Morgan fingerprint density at radius 1 is 1.33 bits per heavy atom. The lowest BCUT2D eigenvalue weighted by Crippen LogP contribution is -2.31. The SMILES string of the molecule is NC1CCn2c(Cc3ccccc3)nc(Br)c2C1. The molecule has 1 aromatic heterocycles. The molecule has 1 unspecified atom stereocenters. The summed E-state index contributed by atoms with van der Waals surface area (Å²) in [7, 11) is 0. The van der Waals surface area contributed by atoms with Crippen LogP contribution in [0.4, 0.5) is 0 Å². The summed E-state index contributed by atoms with van der Waals surface area (Å²) in [5, 5.41) is 0. The van der Waals surface area contributed by atoms with Gasteiger partial charge < -0.3 is 10.3 Å². The summed E-state index contributed by atoms with van der Waals surface area (Å²) in [6, 6.07) is 10.7. The van der Waals surface area contributed by atoms with Gasteiger partial charge >= 0.3 is 0 Å². The minimum Gasteiger partial charge on any atom is -0.331 e. The van der Waals surface area contributed by atoms with Crippen molar-refractivity contribution < 1.29 is 0 Å². The summed E-state index contributed by atoms with van der Waals surface area (Å²) in [5.74, 6) is 1.13. The zero-order valence-electron chi connectivity index (χ0n) is 10.1. The molecule has 3 nitrogen and oxygen atoms in total. The second kappa shape index (κ2) is 4.86. The number of aromatic nitrogens is 2. The molecule has 0 aliphatic carbocycles. The van der Waals surface area contributed by atoms with Crippen molar-refractivity contribution in [1.29, 1.82) is 0 Å². The lowest BCUT2D eigenvalue weighted by atomic mass is 10.1. The van der Waals surface area contributed by atoms with Gasteiger partial charge in [-0.05, 0) is 27.9 Å². The lowest BCUT2D eigenvalue weighted by Gasteiger charge is -2.22. The van der Waals surface area contributed by atoms with Gasteiger partial charge in [0.25, 0.3) is 0 Å². The highest BCUT2D eigenvalue weighted by molar-refractivity contribution is 9.10. The molecular weight excluding hydrogens is 290 g/mol. The monoisotopic (exact) mass is 305 g/mol. The van der Waals surface area contributed by atoms with Crippen LogP contribution in [-0.2, 0) is 19.4 Å². The molecule has 3 rings (SSSR count). The van der Waals surface area contributed by atoms with Gasteiger partial charge in [0, 0.05) is 25.4 Å². The van der Waals surface area contributed by atoms with E-state index in [1.165, 1.54) is 11.3 Å². The molecule has 0 saturated carbocycles. The Bertz CT molecular complexity index is 548. The molecule has 0 fully saturated rings. The van der Waals surface area contributed by atoms with E-state index in [-0.39, 0.29) is 6.04 Å². The molecule has 0 radical (unpaired) electrons. The highest BCUT2D eigenvalue weighted by Gasteiger charge is 2.22. The molecule has 0 amide bonds. The summed E-state index contributed by atoms with van der Waals surface area (Å²) < 4.78 is 3.28. The summed E-state index contributed by atoms with van der Waals surface area (Å²) in [6.07, 6.45) is 2.84. The van der Waals surface area contributed by atoms with Crippen molar-refractivity contribution in [3.05, 3.63) is 52.0 Å². The first-order chi connectivity index (χ1) is 8.74.